The van der Waals surface area contributed by atoms with Crippen molar-refractivity contribution in [1.82, 2.24) is 25.1 Å². The fraction of sp³-hybridized carbons (Fsp3) is 0.600. The number of hydrogen-bond donors (Lipinski definition) is 2. The summed E-state index contributed by atoms with van der Waals surface area (Å²) < 4.78 is 5.46. The van der Waals surface area contributed by atoms with Crippen LogP contribution in [0, 0.1) is 0 Å². The highest BCUT2D eigenvalue weighted by molar-refractivity contribution is 5.92. The van der Waals surface area contributed by atoms with Gasteiger partial charge < -0.3 is 9.32 Å². The van der Waals surface area contributed by atoms with Crippen LogP contribution < -0.4 is 5.69 Å². The second kappa shape index (κ2) is 5.68. The number of aromatic nitrogens is 4. The SMILES string of the molecule is O=C(c1coc(C2CCC2)n1)N1CCC(c2n[nH]c(=O)[nH]2)CC1. The van der Waals surface area contributed by atoms with Crippen LogP contribution in [-0.4, -0.2) is 44.1 Å². The molecule has 1 aliphatic carbocycles. The van der Waals surface area contributed by atoms with Crippen molar-refractivity contribution < 1.29 is 9.21 Å². The molecule has 2 N–H and O–H groups in total. The molecule has 0 radical (unpaired) electrons. The van der Waals surface area contributed by atoms with Crippen LogP contribution in [0.1, 0.15) is 66.1 Å². The maximum Gasteiger partial charge on any atom is 0.340 e. The topological polar surface area (TPSA) is 108 Å². The first-order valence-corrected chi connectivity index (χ1v) is 8.10. The van der Waals surface area contributed by atoms with Gasteiger partial charge in [-0.1, -0.05) is 6.42 Å². The Morgan fingerprint density at radius 2 is 2.00 bits per heavy atom. The van der Waals surface area contributed by atoms with Gasteiger partial charge in [0, 0.05) is 24.9 Å². The second-order valence-corrected chi connectivity index (χ2v) is 6.33. The molecule has 4 rings (SSSR count). The van der Waals surface area contributed by atoms with E-state index in [1.807, 2.05) is 0 Å². The lowest BCUT2D eigenvalue weighted by atomic mass is 9.85. The van der Waals surface area contributed by atoms with Crippen LogP contribution in [0.25, 0.3) is 0 Å². The van der Waals surface area contributed by atoms with Crippen LogP contribution in [0.5, 0.6) is 0 Å². The standard InChI is InChI=1S/C15H19N5O3/c21-14(11-8-23-13(16-11)10-2-1-3-10)20-6-4-9(5-7-20)12-17-15(22)19-18-12/h8-10H,1-7H2,(H2,17,18,19,22). The molecule has 3 heterocycles. The third-order valence-corrected chi connectivity index (χ3v) is 4.88. The van der Waals surface area contributed by atoms with Gasteiger partial charge >= 0.3 is 5.69 Å². The Morgan fingerprint density at radius 3 is 2.61 bits per heavy atom. The van der Waals surface area contributed by atoms with Gasteiger partial charge in [-0.2, -0.15) is 5.10 Å². The summed E-state index contributed by atoms with van der Waals surface area (Å²) in [5.41, 5.74) is 0.114. The Balaban J connectivity index is 1.38. The van der Waals surface area contributed by atoms with Crippen LogP contribution in [-0.2, 0) is 0 Å². The van der Waals surface area contributed by atoms with Gasteiger partial charge in [0.1, 0.15) is 12.1 Å². The number of piperidine rings is 1. The molecule has 1 saturated carbocycles. The zero-order valence-electron chi connectivity index (χ0n) is 12.7. The molecule has 23 heavy (non-hydrogen) atoms. The Hall–Kier alpha value is -2.38. The molecule has 0 unspecified atom stereocenters. The molecule has 2 fully saturated rings. The van der Waals surface area contributed by atoms with Gasteiger partial charge in [-0.15, -0.1) is 0 Å². The van der Waals surface area contributed by atoms with Gasteiger partial charge in [0.2, 0.25) is 0 Å². The minimum Gasteiger partial charge on any atom is -0.448 e. The predicted molar refractivity (Wildman–Crippen MR) is 80.2 cm³/mol. The molecule has 0 aromatic carbocycles. The first-order valence-electron chi connectivity index (χ1n) is 8.10. The van der Waals surface area contributed by atoms with Crippen LogP contribution in [0.2, 0.25) is 0 Å². The molecule has 1 aliphatic heterocycles. The Bertz CT molecular complexity index is 749. The molecule has 8 nitrogen and oxygen atoms in total. The van der Waals surface area contributed by atoms with E-state index in [4.69, 9.17) is 4.42 Å². The smallest absolute Gasteiger partial charge is 0.340 e. The van der Waals surface area contributed by atoms with Crippen molar-refractivity contribution >= 4 is 5.91 Å². The number of nitrogens with one attached hydrogen (secondary N) is 2. The third kappa shape index (κ3) is 2.69. The van der Waals surface area contributed by atoms with Gasteiger partial charge in [0.05, 0.1) is 0 Å². The van der Waals surface area contributed by atoms with Gasteiger partial charge in [0.25, 0.3) is 5.91 Å². The maximum atomic E-state index is 12.5. The van der Waals surface area contributed by atoms with Crippen LogP contribution in [0.3, 0.4) is 0 Å². The molecule has 122 valence electrons. The minimum absolute atomic E-state index is 0.0757. The second-order valence-electron chi connectivity index (χ2n) is 6.33. The molecule has 0 bridgehead atoms. The minimum atomic E-state index is -0.287. The van der Waals surface area contributed by atoms with Crippen molar-refractivity contribution in [2.75, 3.05) is 13.1 Å². The monoisotopic (exact) mass is 317 g/mol. The summed E-state index contributed by atoms with van der Waals surface area (Å²) in [7, 11) is 0. The molecule has 0 atom stereocenters. The summed E-state index contributed by atoms with van der Waals surface area (Å²) in [6, 6.07) is 0. The zero-order valence-corrected chi connectivity index (χ0v) is 12.7. The highest BCUT2D eigenvalue weighted by Gasteiger charge is 2.29. The number of amides is 1. The molecule has 2 aliphatic rings. The summed E-state index contributed by atoms with van der Waals surface area (Å²) in [4.78, 5) is 32.5. The average Bonchev–Trinajstić information content (AvgIpc) is 3.15. The van der Waals surface area contributed by atoms with Gasteiger partial charge in [-0.25, -0.2) is 14.9 Å². The predicted octanol–water partition coefficient (Wildman–Crippen LogP) is 1.37. The van der Waals surface area contributed by atoms with E-state index in [2.05, 4.69) is 20.2 Å². The van der Waals surface area contributed by atoms with Crippen molar-refractivity contribution in [2.45, 2.75) is 43.9 Å². The first-order chi connectivity index (χ1) is 11.2. The number of oxazole rings is 1. The molecule has 0 spiro atoms. The lowest BCUT2D eigenvalue weighted by Gasteiger charge is -2.30. The van der Waals surface area contributed by atoms with E-state index < -0.39 is 0 Å². The fourth-order valence-electron chi connectivity index (χ4n) is 3.22. The summed E-state index contributed by atoms with van der Waals surface area (Å²) >= 11 is 0. The normalized spacial score (nSPS) is 19.7. The van der Waals surface area contributed by atoms with Crippen LogP contribution in [0.15, 0.2) is 15.5 Å². The van der Waals surface area contributed by atoms with E-state index in [0.29, 0.717) is 36.4 Å². The Labute approximate surface area is 132 Å². The highest BCUT2D eigenvalue weighted by atomic mass is 16.3. The molecule has 1 amide bonds. The number of H-pyrrole nitrogens is 2. The maximum absolute atomic E-state index is 12.5. The van der Waals surface area contributed by atoms with E-state index in [1.54, 1.807) is 4.90 Å². The Kier molecular flexibility index (Phi) is 3.51. The van der Waals surface area contributed by atoms with Crippen LogP contribution >= 0.6 is 0 Å². The summed E-state index contributed by atoms with van der Waals surface area (Å²) in [6.45, 7) is 1.26. The van der Waals surface area contributed by atoms with Crippen molar-refractivity contribution in [3.05, 3.63) is 34.2 Å². The van der Waals surface area contributed by atoms with E-state index >= 15 is 0 Å². The van der Waals surface area contributed by atoms with Crippen molar-refractivity contribution in [2.24, 2.45) is 0 Å². The van der Waals surface area contributed by atoms with E-state index in [0.717, 1.165) is 25.7 Å². The van der Waals surface area contributed by atoms with Gasteiger partial charge in [-0.05, 0) is 25.7 Å². The van der Waals surface area contributed by atoms with Crippen molar-refractivity contribution in [3.63, 3.8) is 0 Å². The molecule has 8 heteroatoms. The highest BCUT2D eigenvalue weighted by Crippen LogP contribution is 2.35. The van der Waals surface area contributed by atoms with E-state index in [9.17, 15) is 9.59 Å². The first kappa shape index (κ1) is 14.2. The van der Waals surface area contributed by atoms with E-state index in [1.165, 1.54) is 12.7 Å². The number of carbonyl (C=O) groups excluding carboxylic acids is 1. The average molecular weight is 317 g/mol. The van der Waals surface area contributed by atoms with Gasteiger partial charge in [0.15, 0.2) is 11.6 Å². The molecule has 2 aromatic rings. The summed E-state index contributed by atoms with van der Waals surface area (Å²) in [5, 5.41) is 6.37. The summed E-state index contributed by atoms with van der Waals surface area (Å²) in [5.74, 6) is 1.87. The fourth-order valence-corrected chi connectivity index (χ4v) is 3.22. The number of hydrogen-bond acceptors (Lipinski definition) is 5. The van der Waals surface area contributed by atoms with Crippen molar-refractivity contribution in [1.29, 1.82) is 0 Å². The summed E-state index contributed by atoms with van der Waals surface area (Å²) in [6.07, 6.45) is 6.44. The lowest BCUT2D eigenvalue weighted by molar-refractivity contribution is 0.0705. The number of aromatic amines is 2. The lowest BCUT2D eigenvalue weighted by Crippen LogP contribution is -2.38. The molecular formula is C15H19N5O3. The molecule has 1 saturated heterocycles. The Morgan fingerprint density at radius 1 is 1.22 bits per heavy atom. The molecule has 2 aromatic heterocycles. The number of nitrogens with zero attached hydrogens (tertiary/aromatic N) is 3. The van der Waals surface area contributed by atoms with Gasteiger partial charge in [-0.3, -0.25) is 9.78 Å². The number of likely N-dealkylation sites (tertiary alicyclic amines) is 1. The number of carbonyl (C=O) groups is 1. The van der Waals surface area contributed by atoms with Crippen molar-refractivity contribution in [3.8, 4) is 0 Å². The number of rotatable bonds is 3. The van der Waals surface area contributed by atoms with E-state index in [-0.39, 0.29) is 17.5 Å². The zero-order chi connectivity index (χ0) is 15.8. The molecular weight excluding hydrogens is 298 g/mol. The third-order valence-electron chi connectivity index (χ3n) is 4.88. The quantitative estimate of drug-likeness (QED) is 0.889. The largest absolute Gasteiger partial charge is 0.448 e. The van der Waals surface area contributed by atoms with Crippen LogP contribution in [0.4, 0.5) is 0 Å².